The Hall–Kier alpha value is -2.63. The van der Waals surface area contributed by atoms with E-state index in [1.54, 1.807) is 0 Å². The van der Waals surface area contributed by atoms with E-state index >= 15 is 0 Å². The Kier molecular flexibility index (Phi) is 8.05. The molecule has 0 fully saturated rings. The van der Waals surface area contributed by atoms with Crippen LogP contribution in [-0.2, 0) is 0 Å². The van der Waals surface area contributed by atoms with Crippen molar-refractivity contribution < 1.29 is 0 Å². The Morgan fingerprint density at radius 2 is 1.07 bits per heavy atom. The van der Waals surface area contributed by atoms with Crippen molar-refractivity contribution >= 4 is 0 Å². The minimum Gasteiger partial charge on any atom is -0.294 e. The number of aromatic nitrogens is 3. The average molecular weight is 404 g/mol. The first-order chi connectivity index (χ1) is 14.6. The van der Waals surface area contributed by atoms with Crippen LogP contribution in [0.1, 0.15) is 62.9 Å². The molecule has 0 radical (unpaired) electrons. The molecule has 3 rings (SSSR count). The first kappa shape index (κ1) is 22.1. The normalized spacial score (nSPS) is 14.6. The van der Waals surface area contributed by atoms with Crippen LogP contribution in [0.2, 0.25) is 0 Å². The standard InChI is InChI=1S/C25H33N5/c1-5-29(20(2)23-12-6-9-15-26-23)18-19-30(21(3)24-13-7-10-16-27-24)22(4)25-14-8-11-17-28-25/h6-17,20-22H,5,18-19H2,1-4H3. The Labute approximate surface area is 180 Å². The zero-order valence-corrected chi connectivity index (χ0v) is 18.5. The van der Waals surface area contributed by atoms with Crippen molar-refractivity contribution in [2.24, 2.45) is 0 Å². The molecule has 3 aromatic rings. The Balaban J connectivity index is 1.79. The Morgan fingerprint density at radius 1 is 0.633 bits per heavy atom. The van der Waals surface area contributed by atoms with E-state index < -0.39 is 0 Å². The molecule has 3 aromatic heterocycles. The third-order valence-corrected chi connectivity index (χ3v) is 5.94. The second-order valence-electron chi connectivity index (χ2n) is 7.66. The molecule has 0 aliphatic rings. The van der Waals surface area contributed by atoms with Crippen LogP contribution in [-0.4, -0.2) is 44.4 Å². The van der Waals surface area contributed by atoms with E-state index in [0.29, 0.717) is 0 Å². The summed E-state index contributed by atoms with van der Waals surface area (Å²) in [7, 11) is 0. The third-order valence-electron chi connectivity index (χ3n) is 5.94. The smallest absolute Gasteiger partial charge is 0.0572 e. The molecular formula is C25H33N5. The molecule has 158 valence electrons. The fourth-order valence-corrected chi connectivity index (χ4v) is 3.99. The van der Waals surface area contributed by atoms with Gasteiger partial charge in [-0.3, -0.25) is 24.8 Å². The molecule has 0 aliphatic carbocycles. The highest BCUT2D eigenvalue weighted by Crippen LogP contribution is 2.29. The molecule has 0 bridgehead atoms. The summed E-state index contributed by atoms with van der Waals surface area (Å²) in [6.07, 6.45) is 5.62. The predicted molar refractivity (Wildman–Crippen MR) is 122 cm³/mol. The van der Waals surface area contributed by atoms with Gasteiger partial charge in [0, 0.05) is 49.8 Å². The lowest BCUT2D eigenvalue weighted by Gasteiger charge is -2.37. The lowest BCUT2D eigenvalue weighted by atomic mass is 10.1. The highest BCUT2D eigenvalue weighted by molar-refractivity contribution is 5.13. The summed E-state index contributed by atoms with van der Waals surface area (Å²) in [4.78, 5) is 18.8. The second-order valence-corrected chi connectivity index (χ2v) is 7.66. The zero-order valence-electron chi connectivity index (χ0n) is 18.5. The minimum absolute atomic E-state index is 0.187. The van der Waals surface area contributed by atoms with Gasteiger partial charge in [0.1, 0.15) is 0 Å². The maximum atomic E-state index is 4.62. The van der Waals surface area contributed by atoms with Gasteiger partial charge in [0.2, 0.25) is 0 Å². The topological polar surface area (TPSA) is 45.2 Å². The first-order valence-corrected chi connectivity index (χ1v) is 10.8. The van der Waals surface area contributed by atoms with Gasteiger partial charge in [-0.1, -0.05) is 25.1 Å². The summed E-state index contributed by atoms with van der Waals surface area (Å²) < 4.78 is 0. The molecule has 3 atom stereocenters. The van der Waals surface area contributed by atoms with Crippen molar-refractivity contribution in [3.8, 4) is 0 Å². The van der Waals surface area contributed by atoms with Gasteiger partial charge >= 0.3 is 0 Å². The molecule has 3 heterocycles. The van der Waals surface area contributed by atoms with E-state index in [-0.39, 0.29) is 18.1 Å². The molecule has 0 N–H and O–H groups in total. The SMILES string of the molecule is CCN(CCN(C(C)c1ccccn1)C(C)c1ccccn1)C(C)c1ccccn1. The van der Waals surface area contributed by atoms with Crippen LogP contribution >= 0.6 is 0 Å². The second kappa shape index (κ2) is 11.0. The van der Waals surface area contributed by atoms with Crippen LogP contribution in [0.15, 0.2) is 73.2 Å². The zero-order chi connectivity index (χ0) is 21.3. The lowest BCUT2D eigenvalue weighted by molar-refractivity contribution is 0.111. The number of hydrogen-bond acceptors (Lipinski definition) is 5. The van der Waals surface area contributed by atoms with Crippen molar-refractivity contribution in [2.45, 2.75) is 45.8 Å². The highest BCUT2D eigenvalue weighted by atomic mass is 15.2. The van der Waals surface area contributed by atoms with Crippen molar-refractivity contribution in [3.05, 3.63) is 90.3 Å². The number of nitrogens with zero attached hydrogens (tertiary/aromatic N) is 5. The van der Waals surface area contributed by atoms with Crippen molar-refractivity contribution in [1.29, 1.82) is 0 Å². The molecule has 5 nitrogen and oxygen atoms in total. The van der Waals surface area contributed by atoms with E-state index in [0.717, 1.165) is 36.7 Å². The van der Waals surface area contributed by atoms with Gasteiger partial charge in [-0.15, -0.1) is 0 Å². The van der Waals surface area contributed by atoms with Crippen LogP contribution in [0.25, 0.3) is 0 Å². The van der Waals surface area contributed by atoms with Crippen LogP contribution < -0.4 is 0 Å². The summed E-state index contributed by atoms with van der Waals surface area (Å²) in [5.74, 6) is 0. The van der Waals surface area contributed by atoms with Gasteiger partial charge in [0.15, 0.2) is 0 Å². The van der Waals surface area contributed by atoms with Crippen LogP contribution in [0, 0.1) is 0 Å². The summed E-state index contributed by atoms with van der Waals surface area (Å²) in [6, 6.07) is 19.1. The fraction of sp³-hybridized carbons (Fsp3) is 0.400. The van der Waals surface area contributed by atoms with Crippen LogP contribution in [0.5, 0.6) is 0 Å². The summed E-state index contributed by atoms with van der Waals surface area (Å²) in [5.41, 5.74) is 3.28. The van der Waals surface area contributed by atoms with Gasteiger partial charge < -0.3 is 0 Å². The molecule has 0 saturated carbocycles. The third kappa shape index (κ3) is 5.49. The van der Waals surface area contributed by atoms with E-state index in [1.807, 2.05) is 36.8 Å². The molecule has 3 unspecified atom stereocenters. The molecule has 0 aromatic carbocycles. The fourth-order valence-electron chi connectivity index (χ4n) is 3.99. The maximum absolute atomic E-state index is 4.62. The number of likely N-dealkylation sites (N-methyl/N-ethyl adjacent to an activating group) is 1. The quantitative estimate of drug-likeness (QED) is 0.472. The Bertz CT molecular complexity index is 811. The number of pyridine rings is 3. The van der Waals surface area contributed by atoms with Gasteiger partial charge in [0.05, 0.1) is 17.1 Å². The maximum Gasteiger partial charge on any atom is 0.0572 e. The van der Waals surface area contributed by atoms with E-state index in [2.05, 4.69) is 88.8 Å². The van der Waals surface area contributed by atoms with E-state index in [4.69, 9.17) is 0 Å². The van der Waals surface area contributed by atoms with E-state index in [9.17, 15) is 0 Å². The largest absolute Gasteiger partial charge is 0.294 e. The number of hydrogen-bond donors (Lipinski definition) is 0. The van der Waals surface area contributed by atoms with Crippen LogP contribution in [0.3, 0.4) is 0 Å². The molecule has 0 aliphatic heterocycles. The van der Waals surface area contributed by atoms with Crippen LogP contribution in [0.4, 0.5) is 0 Å². The Morgan fingerprint density at radius 3 is 1.43 bits per heavy atom. The number of rotatable bonds is 10. The molecule has 5 heteroatoms. The molecule has 30 heavy (non-hydrogen) atoms. The monoisotopic (exact) mass is 403 g/mol. The minimum atomic E-state index is 0.187. The molecule has 0 spiro atoms. The first-order valence-electron chi connectivity index (χ1n) is 10.8. The van der Waals surface area contributed by atoms with Crippen molar-refractivity contribution in [3.63, 3.8) is 0 Å². The molecular weight excluding hydrogens is 370 g/mol. The summed E-state index contributed by atoms with van der Waals surface area (Å²) >= 11 is 0. The summed E-state index contributed by atoms with van der Waals surface area (Å²) in [6.45, 7) is 11.8. The van der Waals surface area contributed by atoms with Gasteiger partial charge in [-0.25, -0.2) is 0 Å². The van der Waals surface area contributed by atoms with Gasteiger partial charge in [-0.2, -0.15) is 0 Å². The predicted octanol–water partition coefficient (Wildman–Crippen LogP) is 5.08. The lowest BCUT2D eigenvalue weighted by Crippen LogP contribution is -2.39. The van der Waals surface area contributed by atoms with Gasteiger partial charge in [0.25, 0.3) is 0 Å². The average Bonchev–Trinajstić information content (AvgIpc) is 2.82. The highest BCUT2D eigenvalue weighted by Gasteiger charge is 2.25. The molecule has 0 saturated heterocycles. The van der Waals surface area contributed by atoms with E-state index in [1.165, 1.54) is 0 Å². The van der Waals surface area contributed by atoms with Crippen molar-refractivity contribution in [2.75, 3.05) is 19.6 Å². The van der Waals surface area contributed by atoms with Crippen molar-refractivity contribution in [1.82, 2.24) is 24.8 Å². The summed E-state index contributed by atoms with van der Waals surface area (Å²) in [5, 5.41) is 0. The molecule has 0 amide bonds. The van der Waals surface area contributed by atoms with Gasteiger partial charge in [-0.05, 0) is 63.7 Å².